The molecule has 1 aromatic carbocycles. The molecule has 3 aromatic heterocycles. The summed E-state index contributed by atoms with van der Waals surface area (Å²) in [6, 6.07) is 13.2. The van der Waals surface area contributed by atoms with E-state index >= 15 is 0 Å². The van der Waals surface area contributed by atoms with Crippen LogP contribution in [0.15, 0.2) is 54.9 Å². The average molecular weight is 609 g/mol. The van der Waals surface area contributed by atoms with Crippen LogP contribution in [-0.2, 0) is 17.0 Å². The Bertz CT molecular complexity index is 1590. The number of nitrogens with one attached hydrogen (secondary N) is 1. The van der Waals surface area contributed by atoms with Crippen molar-refractivity contribution < 1.29 is 9.22 Å². The molecular weight excluding hydrogens is 572 g/mol. The minimum absolute atomic E-state index is 0.0152. The van der Waals surface area contributed by atoms with Crippen LogP contribution in [0.5, 0.6) is 0 Å². The Kier molecular flexibility index (Phi) is 7.65. The molecule has 4 heterocycles. The molecule has 1 unspecified atom stereocenters. The second-order valence-electron chi connectivity index (χ2n) is 12.5. The van der Waals surface area contributed by atoms with Gasteiger partial charge in [-0.2, -0.15) is 5.10 Å². The third-order valence-electron chi connectivity index (χ3n) is 8.26. The van der Waals surface area contributed by atoms with E-state index in [-0.39, 0.29) is 17.0 Å². The maximum Gasteiger partial charge on any atom is 0.256 e. The summed E-state index contributed by atoms with van der Waals surface area (Å²) >= 11 is 8.03. The Labute approximate surface area is 251 Å². The number of fused-ring (bicyclic) bond motifs is 1. The molecule has 0 saturated heterocycles. The van der Waals surface area contributed by atoms with Gasteiger partial charge in [0.1, 0.15) is 5.82 Å². The fourth-order valence-electron chi connectivity index (χ4n) is 4.86. The minimum atomic E-state index is -2.08. The van der Waals surface area contributed by atoms with Crippen LogP contribution in [0, 0.1) is 0 Å². The van der Waals surface area contributed by atoms with Gasteiger partial charge in [0.2, 0.25) is 5.95 Å². The molecule has 1 amide bonds. The summed E-state index contributed by atoms with van der Waals surface area (Å²) < 4.78 is 8.43. The first-order valence-corrected chi connectivity index (χ1v) is 17.7. The maximum atomic E-state index is 14.2. The molecule has 5 rings (SSSR count). The monoisotopic (exact) mass is 608 g/mol. The van der Waals surface area contributed by atoms with Crippen molar-refractivity contribution in [1.82, 2.24) is 24.6 Å². The van der Waals surface area contributed by atoms with Crippen LogP contribution in [0.25, 0.3) is 10.6 Å². The molecule has 41 heavy (non-hydrogen) atoms. The number of rotatable bonds is 8. The topological polar surface area (TPSA) is 85.2 Å². The van der Waals surface area contributed by atoms with E-state index in [2.05, 4.69) is 63.1 Å². The van der Waals surface area contributed by atoms with Crippen LogP contribution in [0.2, 0.25) is 23.2 Å². The van der Waals surface area contributed by atoms with Crippen molar-refractivity contribution in [2.24, 2.45) is 7.05 Å². The summed E-state index contributed by atoms with van der Waals surface area (Å²) in [6.07, 6.45) is 3.43. The Morgan fingerprint density at radius 1 is 1.15 bits per heavy atom. The lowest BCUT2D eigenvalue weighted by Gasteiger charge is -2.42. The fraction of sp³-hybridized carbons (Fsp3) is 0.400. The number of hydrogen-bond donors (Lipinski definition) is 1. The minimum Gasteiger partial charge on any atom is -0.414 e. The number of carbonyl (C=O) groups is 1. The molecule has 1 N–H and O–H groups in total. The Morgan fingerprint density at radius 3 is 2.54 bits per heavy atom. The van der Waals surface area contributed by atoms with Gasteiger partial charge in [0.15, 0.2) is 8.32 Å². The third-order valence-corrected chi connectivity index (χ3v) is 14.5. The molecule has 0 spiro atoms. The van der Waals surface area contributed by atoms with Crippen molar-refractivity contribution in [2.75, 3.05) is 11.9 Å². The number of anilines is 2. The maximum absolute atomic E-state index is 14.2. The molecule has 1 aliphatic rings. The van der Waals surface area contributed by atoms with Gasteiger partial charge in [-0.15, -0.1) is 11.3 Å². The highest BCUT2D eigenvalue weighted by Gasteiger charge is 2.49. The average Bonchev–Trinajstić information content (AvgIpc) is 3.56. The number of nitrogens with zero attached hydrogens (tertiary/aromatic N) is 5. The molecule has 11 heteroatoms. The number of amides is 1. The molecule has 0 aliphatic carbocycles. The highest BCUT2D eigenvalue weighted by molar-refractivity contribution is 7.16. The van der Waals surface area contributed by atoms with Crippen molar-refractivity contribution in [3.63, 3.8) is 0 Å². The van der Waals surface area contributed by atoms with Gasteiger partial charge in [0.25, 0.3) is 5.91 Å². The molecule has 1 aliphatic heterocycles. The Hall–Kier alpha value is -3.05. The van der Waals surface area contributed by atoms with Crippen LogP contribution in [0.1, 0.15) is 61.5 Å². The number of aromatic nitrogens is 4. The van der Waals surface area contributed by atoms with Gasteiger partial charge in [-0.25, -0.2) is 9.97 Å². The molecule has 1 atom stereocenters. The lowest BCUT2D eigenvalue weighted by Crippen LogP contribution is -2.47. The third kappa shape index (κ3) is 5.58. The van der Waals surface area contributed by atoms with Crippen LogP contribution in [0.4, 0.5) is 11.8 Å². The summed E-state index contributed by atoms with van der Waals surface area (Å²) in [5.74, 6) is 1.24. The zero-order valence-corrected chi connectivity index (χ0v) is 27.4. The second kappa shape index (κ2) is 10.7. The van der Waals surface area contributed by atoms with Gasteiger partial charge >= 0.3 is 0 Å². The summed E-state index contributed by atoms with van der Waals surface area (Å²) in [7, 11) is -0.226. The summed E-state index contributed by atoms with van der Waals surface area (Å²) in [5.41, 5.74) is 1.86. The molecule has 0 radical (unpaired) electrons. The number of thiophene rings is 1. The van der Waals surface area contributed by atoms with Crippen molar-refractivity contribution >= 4 is 48.9 Å². The first kappa shape index (κ1) is 29.4. The van der Waals surface area contributed by atoms with E-state index in [1.54, 1.807) is 28.4 Å². The molecule has 0 saturated carbocycles. The number of hydrogen-bond acceptors (Lipinski definition) is 7. The van der Waals surface area contributed by atoms with Gasteiger partial charge in [-0.1, -0.05) is 44.5 Å². The number of benzene rings is 1. The van der Waals surface area contributed by atoms with E-state index in [0.717, 1.165) is 26.8 Å². The molecule has 4 aromatic rings. The van der Waals surface area contributed by atoms with Crippen molar-refractivity contribution in [1.29, 1.82) is 0 Å². The van der Waals surface area contributed by atoms with Gasteiger partial charge < -0.3 is 14.6 Å². The first-order valence-electron chi connectivity index (χ1n) is 13.6. The van der Waals surface area contributed by atoms with Crippen molar-refractivity contribution in [3.05, 3.63) is 75.9 Å². The van der Waals surface area contributed by atoms with Crippen molar-refractivity contribution in [3.8, 4) is 10.6 Å². The first-order chi connectivity index (χ1) is 19.2. The smallest absolute Gasteiger partial charge is 0.256 e. The van der Waals surface area contributed by atoms with Gasteiger partial charge in [-0.05, 0) is 61.8 Å². The van der Waals surface area contributed by atoms with Gasteiger partial charge in [0, 0.05) is 29.2 Å². The van der Waals surface area contributed by atoms with E-state index in [9.17, 15) is 4.79 Å². The van der Waals surface area contributed by atoms with Gasteiger partial charge in [-0.3, -0.25) is 9.48 Å². The summed E-state index contributed by atoms with van der Waals surface area (Å²) in [6.45, 7) is 15.8. The zero-order chi connectivity index (χ0) is 29.7. The van der Waals surface area contributed by atoms with Gasteiger partial charge in [0.05, 0.1) is 40.5 Å². The molecular formula is C30H37ClN6O2SSi. The van der Waals surface area contributed by atoms with E-state index in [0.29, 0.717) is 23.1 Å². The van der Waals surface area contributed by atoms with Crippen LogP contribution in [0.3, 0.4) is 0 Å². The van der Waals surface area contributed by atoms with E-state index in [1.807, 2.05) is 54.4 Å². The Balaban J connectivity index is 1.47. The summed E-state index contributed by atoms with van der Waals surface area (Å²) in [4.78, 5) is 27.2. The lowest BCUT2D eigenvalue weighted by atomic mass is 9.98. The van der Waals surface area contributed by atoms with Crippen LogP contribution in [-0.4, -0.2) is 45.5 Å². The molecule has 8 nitrogen and oxygen atoms in total. The zero-order valence-electron chi connectivity index (χ0n) is 24.8. The lowest BCUT2D eigenvalue weighted by molar-refractivity contribution is 0.0353. The molecule has 0 fully saturated rings. The standard InChI is InChI=1S/C30H37ClN6O2SSi/c1-29(2,3)41(7,8)39-18-23(19-10-9-11-20(31)16-19)37-27(38)21-17-24(40-26(21)30(37,4)5)22-12-14-32-28(34-22)35-25-13-15-33-36(25)6/h9-17,23H,18H2,1-8H3,(H,32,34,35). The largest absolute Gasteiger partial charge is 0.414 e. The second-order valence-corrected chi connectivity index (χ2v) is 18.8. The highest BCUT2D eigenvalue weighted by atomic mass is 35.5. The number of carbonyl (C=O) groups excluding carboxylic acids is 1. The molecule has 216 valence electrons. The predicted octanol–water partition coefficient (Wildman–Crippen LogP) is 7.79. The summed E-state index contributed by atoms with van der Waals surface area (Å²) in [5, 5.41) is 8.07. The fourth-order valence-corrected chi connectivity index (χ4v) is 7.29. The van der Waals surface area contributed by atoms with E-state index in [4.69, 9.17) is 21.0 Å². The highest BCUT2D eigenvalue weighted by Crippen LogP contribution is 2.50. The van der Waals surface area contributed by atoms with Crippen LogP contribution >= 0.6 is 22.9 Å². The number of aryl methyl sites for hydroxylation is 1. The number of halogens is 1. The van der Waals surface area contributed by atoms with Crippen LogP contribution < -0.4 is 5.32 Å². The Morgan fingerprint density at radius 2 is 1.90 bits per heavy atom. The SMILES string of the molecule is Cn1nccc1Nc1nccc(-c2cc3c(s2)C(C)(C)N(C(CO[Si](C)(C)C(C)(C)C)c2cccc(Cl)c2)C3=O)n1. The quantitative estimate of drug-likeness (QED) is 0.206. The predicted molar refractivity (Wildman–Crippen MR) is 168 cm³/mol. The molecule has 0 bridgehead atoms. The van der Waals surface area contributed by atoms with Crippen molar-refractivity contribution in [2.45, 2.75) is 64.3 Å². The van der Waals surface area contributed by atoms with E-state index < -0.39 is 13.9 Å². The van der Waals surface area contributed by atoms with E-state index in [1.165, 1.54) is 0 Å². The normalized spacial score (nSPS) is 15.7.